The predicted octanol–water partition coefficient (Wildman–Crippen LogP) is 1.84. The van der Waals surface area contributed by atoms with E-state index >= 15 is 0 Å². The van der Waals surface area contributed by atoms with Gasteiger partial charge in [0.2, 0.25) is 5.91 Å². The van der Waals surface area contributed by atoms with E-state index in [1.165, 1.54) is 5.56 Å². The Morgan fingerprint density at radius 3 is 2.89 bits per heavy atom. The zero-order valence-electron chi connectivity index (χ0n) is 11.3. The Morgan fingerprint density at radius 2 is 2.32 bits per heavy atom. The number of benzene rings is 1. The van der Waals surface area contributed by atoms with E-state index in [9.17, 15) is 4.79 Å². The third-order valence-corrected chi connectivity index (χ3v) is 3.36. The van der Waals surface area contributed by atoms with Gasteiger partial charge in [0.1, 0.15) is 0 Å². The lowest BCUT2D eigenvalue weighted by atomic mass is 10.1. The molecule has 1 amide bonds. The molecular formula is C16H20N2O. The van der Waals surface area contributed by atoms with Gasteiger partial charge in [0, 0.05) is 19.0 Å². The lowest BCUT2D eigenvalue weighted by Gasteiger charge is -2.25. The number of carbonyl (C=O) groups excluding carboxylic acids is 1. The van der Waals surface area contributed by atoms with Crippen LogP contribution in [0.3, 0.4) is 0 Å². The van der Waals surface area contributed by atoms with Crippen molar-refractivity contribution in [3.63, 3.8) is 0 Å². The molecular weight excluding hydrogens is 236 g/mol. The van der Waals surface area contributed by atoms with Gasteiger partial charge in [0.25, 0.3) is 0 Å². The maximum atomic E-state index is 12.3. The first-order valence-corrected chi connectivity index (χ1v) is 6.67. The van der Waals surface area contributed by atoms with Crippen molar-refractivity contribution in [1.82, 2.24) is 4.90 Å². The van der Waals surface area contributed by atoms with Crippen LogP contribution in [0.1, 0.15) is 30.4 Å². The van der Waals surface area contributed by atoms with Crippen LogP contribution in [0, 0.1) is 19.3 Å². The Labute approximate surface area is 114 Å². The second-order valence-electron chi connectivity index (χ2n) is 5.20. The molecule has 3 heteroatoms. The molecule has 0 aromatic heterocycles. The quantitative estimate of drug-likeness (QED) is 0.817. The Morgan fingerprint density at radius 1 is 1.58 bits per heavy atom. The summed E-state index contributed by atoms with van der Waals surface area (Å²) in [5, 5.41) is 0. The minimum atomic E-state index is -0.574. The molecule has 19 heavy (non-hydrogen) atoms. The summed E-state index contributed by atoms with van der Waals surface area (Å²) in [7, 11) is 0. The maximum absolute atomic E-state index is 12.3. The molecule has 0 heterocycles. The lowest BCUT2D eigenvalue weighted by molar-refractivity contribution is -0.133. The van der Waals surface area contributed by atoms with Crippen molar-refractivity contribution < 1.29 is 4.79 Å². The number of carbonyl (C=O) groups is 1. The van der Waals surface area contributed by atoms with E-state index in [4.69, 9.17) is 12.2 Å². The molecule has 0 aliphatic heterocycles. The highest BCUT2D eigenvalue weighted by molar-refractivity contribution is 5.82. The van der Waals surface area contributed by atoms with Gasteiger partial charge in [0.15, 0.2) is 0 Å². The molecule has 1 atom stereocenters. The van der Waals surface area contributed by atoms with Crippen LogP contribution in [0.2, 0.25) is 0 Å². The average Bonchev–Trinajstić information content (AvgIpc) is 3.20. The molecule has 1 aromatic carbocycles. The molecule has 1 aromatic rings. The van der Waals surface area contributed by atoms with Crippen LogP contribution in [-0.2, 0) is 11.3 Å². The maximum Gasteiger partial charge on any atom is 0.241 e. The first-order chi connectivity index (χ1) is 9.11. The Balaban J connectivity index is 2.08. The minimum absolute atomic E-state index is 0.0260. The van der Waals surface area contributed by atoms with Crippen molar-refractivity contribution in [2.45, 2.75) is 44.8 Å². The Hall–Kier alpha value is -1.79. The molecule has 0 bridgehead atoms. The molecule has 0 spiro atoms. The smallest absolute Gasteiger partial charge is 0.241 e. The monoisotopic (exact) mass is 256 g/mol. The minimum Gasteiger partial charge on any atom is -0.334 e. The number of terminal acetylenes is 1. The van der Waals surface area contributed by atoms with E-state index in [0.29, 0.717) is 19.0 Å². The first-order valence-electron chi connectivity index (χ1n) is 6.67. The van der Waals surface area contributed by atoms with E-state index in [0.717, 1.165) is 18.4 Å². The molecule has 1 aliphatic carbocycles. The topological polar surface area (TPSA) is 46.3 Å². The SMILES string of the molecule is C#CCC(N)C(=O)N(Cc1cccc(C)c1)C1CC1. The summed E-state index contributed by atoms with van der Waals surface area (Å²) in [6.45, 7) is 2.68. The van der Waals surface area contributed by atoms with E-state index in [-0.39, 0.29) is 5.91 Å². The fourth-order valence-electron chi connectivity index (χ4n) is 2.21. The fraction of sp³-hybridized carbons (Fsp3) is 0.438. The van der Waals surface area contributed by atoms with Crippen LogP contribution in [0.5, 0.6) is 0 Å². The normalized spacial score (nSPS) is 15.6. The van der Waals surface area contributed by atoms with Crippen molar-refractivity contribution in [3.05, 3.63) is 35.4 Å². The van der Waals surface area contributed by atoms with Crippen LogP contribution in [0.15, 0.2) is 24.3 Å². The van der Waals surface area contributed by atoms with Gasteiger partial charge in [-0.05, 0) is 25.3 Å². The number of nitrogens with zero attached hydrogens (tertiary/aromatic N) is 1. The molecule has 1 saturated carbocycles. The number of aryl methyl sites for hydroxylation is 1. The zero-order chi connectivity index (χ0) is 13.8. The first kappa shape index (κ1) is 13.6. The summed E-state index contributed by atoms with van der Waals surface area (Å²) in [5.41, 5.74) is 8.19. The van der Waals surface area contributed by atoms with Gasteiger partial charge in [-0.2, -0.15) is 0 Å². The molecule has 1 unspecified atom stereocenters. The molecule has 0 saturated heterocycles. The molecule has 2 N–H and O–H groups in total. The predicted molar refractivity (Wildman–Crippen MR) is 76.2 cm³/mol. The third kappa shape index (κ3) is 3.59. The van der Waals surface area contributed by atoms with E-state index in [1.54, 1.807) is 0 Å². The number of amides is 1. The Kier molecular flexibility index (Phi) is 4.24. The number of rotatable bonds is 5. The second-order valence-corrected chi connectivity index (χ2v) is 5.20. The van der Waals surface area contributed by atoms with Crippen LogP contribution in [0.4, 0.5) is 0 Å². The lowest BCUT2D eigenvalue weighted by Crippen LogP contribution is -2.44. The van der Waals surface area contributed by atoms with Crippen molar-refractivity contribution in [2.24, 2.45) is 5.73 Å². The summed E-state index contributed by atoms with van der Waals surface area (Å²) in [6, 6.07) is 7.99. The molecule has 0 radical (unpaired) electrons. The van der Waals surface area contributed by atoms with Crippen molar-refractivity contribution in [2.75, 3.05) is 0 Å². The summed E-state index contributed by atoms with van der Waals surface area (Å²) in [5.74, 6) is 2.44. The second kappa shape index (κ2) is 5.90. The van der Waals surface area contributed by atoms with Gasteiger partial charge in [0.05, 0.1) is 6.04 Å². The highest BCUT2D eigenvalue weighted by Gasteiger charge is 2.34. The zero-order valence-corrected chi connectivity index (χ0v) is 11.3. The van der Waals surface area contributed by atoms with Gasteiger partial charge in [-0.15, -0.1) is 12.3 Å². The van der Waals surface area contributed by atoms with Crippen molar-refractivity contribution in [3.8, 4) is 12.3 Å². The highest BCUT2D eigenvalue weighted by atomic mass is 16.2. The largest absolute Gasteiger partial charge is 0.334 e. The fourth-order valence-corrected chi connectivity index (χ4v) is 2.21. The summed E-state index contributed by atoms with van der Waals surface area (Å²) in [6.07, 6.45) is 7.67. The molecule has 2 rings (SSSR count). The van der Waals surface area contributed by atoms with Gasteiger partial charge >= 0.3 is 0 Å². The highest BCUT2D eigenvalue weighted by Crippen LogP contribution is 2.29. The van der Waals surface area contributed by atoms with Crippen molar-refractivity contribution in [1.29, 1.82) is 0 Å². The van der Waals surface area contributed by atoms with Gasteiger partial charge < -0.3 is 10.6 Å². The number of hydrogen-bond donors (Lipinski definition) is 1. The molecule has 1 fully saturated rings. The van der Waals surface area contributed by atoms with Crippen LogP contribution < -0.4 is 5.73 Å². The van der Waals surface area contributed by atoms with Gasteiger partial charge in [-0.3, -0.25) is 4.79 Å². The van der Waals surface area contributed by atoms with Gasteiger partial charge in [-0.1, -0.05) is 29.8 Å². The summed E-state index contributed by atoms with van der Waals surface area (Å²) < 4.78 is 0. The molecule has 100 valence electrons. The van der Waals surface area contributed by atoms with Crippen LogP contribution in [0.25, 0.3) is 0 Å². The Bertz CT molecular complexity index is 500. The number of nitrogens with two attached hydrogens (primary N) is 1. The molecule has 1 aliphatic rings. The van der Waals surface area contributed by atoms with E-state index in [1.807, 2.05) is 17.0 Å². The summed E-state index contributed by atoms with van der Waals surface area (Å²) >= 11 is 0. The standard InChI is InChI=1S/C16H20N2O/c1-3-5-15(17)16(19)18(14-8-9-14)11-13-7-4-6-12(2)10-13/h1,4,6-7,10,14-15H,5,8-9,11,17H2,2H3. The van der Waals surface area contributed by atoms with Crippen molar-refractivity contribution >= 4 is 5.91 Å². The van der Waals surface area contributed by atoms with E-state index in [2.05, 4.69) is 25.0 Å². The molecule has 3 nitrogen and oxygen atoms in total. The average molecular weight is 256 g/mol. The third-order valence-electron chi connectivity index (χ3n) is 3.36. The number of hydrogen-bond acceptors (Lipinski definition) is 2. The van der Waals surface area contributed by atoms with Crippen LogP contribution in [-0.4, -0.2) is 22.9 Å². The van der Waals surface area contributed by atoms with Crippen LogP contribution >= 0.6 is 0 Å². The van der Waals surface area contributed by atoms with Gasteiger partial charge in [-0.25, -0.2) is 0 Å². The van der Waals surface area contributed by atoms with E-state index < -0.39 is 6.04 Å². The summed E-state index contributed by atoms with van der Waals surface area (Å²) in [4.78, 5) is 14.2.